The Kier molecular flexibility index (Phi) is 4.61. The van der Waals surface area contributed by atoms with E-state index in [0.717, 1.165) is 44.1 Å². The zero-order valence-corrected chi connectivity index (χ0v) is 15.4. The number of rotatable bonds is 3. The number of carbonyl (C=O) groups excluding carboxylic acids is 1. The summed E-state index contributed by atoms with van der Waals surface area (Å²) in [4.78, 5) is 22.0. The summed E-state index contributed by atoms with van der Waals surface area (Å²) >= 11 is 0. The highest BCUT2D eigenvalue weighted by Crippen LogP contribution is 2.38. The van der Waals surface area contributed by atoms with Crippen molar-refractivity contribution in [2.24, 2.45) is 0 Å². The number of nitrogens with zero attached hydrogens (tertiary/aromatic N) is 4. The van der Waals surface area contributed by atoms with Gasteiger partial charge in [0.2, 0.25) is 0 Å². The van der Waals surface area contributed by atoms with Crippen LogP contribution in [0.1, 0.15) is 22.8 Å². The van der Waals surface area contributed by atoms with Crippen molar-refractivity contribution >= 4 is 17.4 Å². The number of nitrogens with one attached hydrogen (secondary N) is 1. The average molecular weight is 351 g/mol. The molecule has 0 aliphatic carbocycles. The van der Waals surface area contributed by atoms with E-state index in [-0.39, 0.29) is 11.9 Å². The lowest BCUT2D eigenvalue weighted by molar-refractivity contribution is 0.0663. The largest absolute Gasteiger partial charge is 0.322 e. The van der Waals surface area contributed by atoms with Gasteiger partial charge in [-0.1, -0.05) is 18.2 Å². The number of hydrazine groups is 1. The molecule has 26 heavy (non-hydrogen) atoms. The summed E-state index contributed by atoms with van der Waals surface area (Å²) in [5.74, 6) is 0.644. The maximum atomic E-state index is 13.0. The number of amides is 1. The number of para-hydroxylation sites is 1. The standard InChI is InChI=1S/C20H25N5O/c1-15-14-16-6-3-4-8-18(16)25(15)19-17(7-5-9-21-19)20(26)22-24-12-10-23(2)11-13-24/h3-9,15H,10-14H2,1-2H3,(H,22,26). The Labute approximate surface area is 154 Å². The van der Waals surface area contributed by atoms with Crippen LogP contribution < -0.4 is 10.3 Å². The van der Waals surface area contributed by atoms with Gasteiger partial charge < -0.3 is 9.80 Å². The molecule has 1 aromatic carbocycles. The number of carbonyl (C=O) groups is 1. The van der Waals surface area contributed by atoms with Gasteiger partial charge in [-0.3, -0.25) is 10.2 Å². The Morgan fingerprint density at radius 3 is 2.69 bits per heavy atom. The van der Waals surface area contributed by atoms with E-state index in [1.165, 1.54) is 5.56 Å². The number of benzene rings is 1. The minimum atomic E-state index is -0.0887. The van der Waals surface area contributed by atoms with Crippen LogP contribution in [0.15, 0.2) is 42.6 Å². The normalized spacial score (nSPS) is 20.8. The predicted molar refractivity (Wildman–Crippen MR) is 103 cm³/mol. The first kappa shape index (κ1) is 17.0. The zero-order valence-electron chi connectivity index (χ0n) is 15.4. The van der Waals surface area contributed by atoms with Crippen LogP contribution >= 0.6 is 0 Å². The number of pyridine rings is 1. The predicted octanol–water partition coefficient (Wildman–Crippen LogP) is 2.06. The fraction of sp³-hybridized carbons (Fsp3) is 0.400. The van der Waals surface area contributed by atoms with Gasteiger partial charge in [-0.15, -0.1) is 0 Å². The second kappa shape index (κ2) is 7.05. The van der Waals surface area contributed by atoms with Gasteiger partial charge in [-0.25, -0.2) is 9.99 Å². The van der Waals surface area contributed by atoms with E-state index in [2.05, 4.69) is 52.4 Å². The van der Waals surface area contributed by atoms with Gasteiger partial charge in [-0.05, 0) is 44.2 Å². The maximum Gasteiger partial charge on any atom is 0.269 e. The van der Waals surface area contributed by atoms with E-state index in [4.69, 9.17) is 0 Å². The van der Waals surface area contributed by atoms with Gasteiger partial charge in [0.15, 0.2) is 0 Å². The number of aromatic nitrogens is 1. The van der Waals surface area contributed by atoms with Crippen LogP contribution in [0.25, 0.3) is 0 Å². The first-order valence-electron chi connectivity index (χ1n) is 9.20. The van der Waals surface area contributed by atoms with Gasteiger partial charge in [0.1, 0.15) is 5.82 Å². The van der Waals surface area contributed by atoms with Crippen molar-refractivity contribution in [2.75, 3.05) is 38.1 Å². The smallest absolute Gasteiger partial charge is 0.269 e. The van der Waals surface area contributed by atoms with Gasteiger partial charge in [0.25, 0.3) is 5.91 Å². The van der Waals surface area contributed by atoms with Crippen LogP contribution in [0.4, 0.5) is 11.5 Å². The molecule has 1 atom stereocenters. The molecule has 1 unspecified atom stereocenters. The van der Waals surface area contributed by atoms with E-state index in [9.17, 15) is 4.79 Å². The van der Waals surface area contributed by atoms with E-state index in [1.807, 2.05) is 23.2 Å². The minimum Gasteiger partial charge on any atom is -0.322 e. The van der Waals surface area contributed by atoms with E-state index in [0.29, 0.717) is 5.56 Å². The Bertz CT molecular complexity index is 800. The first-order valence-corrected chi connectivity index (χ1v) is 9.20. The minimum absolute atomic E-state index is 0.0887. The zero-order chi connectivity index (χ0) is 18.1. The number of piperazine rings is 1. The third kappa shape index (κ3) is 3.18. The van der Waals surface area contributed by atoms with Crippen molar-refractivity contribution in [3.8, 4) is 0 Å². The quantitative estimate of drug-likeness (QED) is 0.917. The summed E-state index contributed by atoms with van der Waals surface area (Å²) in [6.07, 6.45) is 2.72. The van der Waals surface area contributed by atoms with Gasteiger partial charge in [0.05, 0.1) is 5.56 Å². The second-order valence-corrected chi connectivity index (χ2v) is 7.16. The Morgan fingerprint density at radius 2 is 1.88 bits per heavy atom. The average Bonchev–Trinajstić information content (AvgIpc) is 2.99. The topological polar surface area (TPSA) is 51.7 Å². The van der Waals surface area contributed by atoms with Crippen molar-refractivity contribution in [1.29, 1.82) is 0 Å². The second-order valence-electron chi connectivity index (χ2n) is 7.16. The SMILES string of the molecule is CC1Cc2ccccc2N1c1ncccc1C(=O)NN1CCN(C)CC1. The van der Waals surface area contributed by atoms with E-state index < -0.39 is 0 Å². The molecule has 2 aromatic rings. The van der Waals surface area contributed by atoms with Crippen LogP contribution in [-0.2, 0) is 6.42 Å². The van der Waals surface area contributed by atoms with Crippen LogP contribution in [0, 0.1) is 0 Å². The van der Waals surface area contributed by atoms with Crippen molar-refractivity contribution in [3.05, 3.63) is 53.7 Å². The lowest BCUT2D eigenvalue weighted by Gasteiger charge is -2.33. The third-order valence-electron chi connectivity index (χ3n) is 5.23. The third-order valence-corrected chi connectivity index (χ3v) is 5.23. The number of hydrogen-bond acceptors (Lipinski definition) is 5. The van der Waals surface area contributed by atoms with Gasteiger partial charge >= 0.3 is 0 Å². The molecule has 1 amide bonds. The highest BCUT2D eigenvalue weighted by Gasteiger charge is 2.31. The summed E-state index contributed by atoms with van der Waals surface area (Å²) in [5, 5.41) is 2.00. The van der Waals surface area contributed by atoms with E-state index in [1.54, 1.807) is 6.20 Å². The molecule has 2 aliphatic heterocycles. The highest BCUT2D eigenvalue weighted by atomic mass is 16.2. The monoisotopic (exact) mass is 351 g/mol. The fourth-order valence-electron chi connectivity index (χ4n) is 3.78. The maximum absolute atomic E-state index is 13.0. The van der Waals surface area contributed by atoms with Crippen LogP contribution in [0.3, 0.4) is 0 Å². The van der Waals surface area contributed by atoms with Gasteiger partial charge in [-0.2, -0.15) is 0 Å². The molecule has 136 valence electrons. The molecule has 1 saturated heterocycles. The lowest BCUT2D eigenvalue weighted by atomic mass is 10.1. The summed E-state index contributed by atoms with van der Waals surface area (Å²) < 4.78 is 0. The summed E-state index contributed by atoms with van der Waals surface area (Å²) in [6, 6.07) is 12.3. The number of anilines is 2. The molecule has 4 rings (SSSR count). The highest BCUT2D eigenvalue weighted by molar-refractivity contribution is 5.99. The summed E-state index contributed by atoms with van der Waals surface area (Å²) in [5.41, 5.74) is 6.13. The molecule has 0 spiro atoms. The molecule has 1 N–H and O–H groups in total. The number of likely N-dealkylation sites (N-methyl/N-ethyl adjacent to an activating group) is 1. The first-order chi connectivity index (χ1) is 12.6. The molecule has 0 radical (unpaired) electrons. The number of fused-ring (bicyclic) bond motifs is 1. The summed E-state index contributed by atoms with van der Waals surface area (Å²) in [7, 11) is 2.10. The molecule has 1 aromatic heterocycles. The number of hydrogen-bond donors (Lipinski definition) is 1. The Morgan fingerprint density at radius 1 is 1.12 bits per heavy atom. The fourth-order valence-corrected chi connectivity index (χ4v) is 3.78. The lowest BCUT2D eigenvalue weighted by Crippen LogP contribution is -2.52. The van der Waals surface area contributed by atoms with Gasteiger partial charge in [0, 0.05) is 44.1 Å². The molecule has 6 heteroatoms. The summed E-state index contributed by atoms with van der Waals surface area (Å²) in [6.45, 7) is 5.76. The molecule has 0 saturated carbocycles. The van der Waals surface area contributed by atoms with Crippen molar-refractivity contribution in [1.82, 2.24) is 20.3 Å². The van der Waals surface area contributed by atoms with Crippen molar-refractivity contribution in [2.45, 2.75) is 19.4 Å². The molecule has 1 fully saturated rings. The van der Waals surface area contributed by atoms with Crippen LogP contribution in [0.5, 0.6) is 0 Å². The van der Waals surface area contributed by atoms with Crippen molar-refractivity contribution < 1.29 is 4.79 Å². The molecular weight excluding hydrogens is 326 g/mol. The molecule has 0 bridgehead atoms. The van der Waals surface area contributed by atoms with E-state index >= 15 is 0 Å². The molecule has 3 heterocycles. The van der Waals surface area contributed by atoms with Crippen LogP contribution in [0.2, 0.25) is 0 Å². The Hall–Kier alpha value is -2.44. The Balaban J connectivity index is 1.60. The molecule has 2 aliphatic rings. The molecule has 6 nitrogen and oxygen atoms in total. The van der Waals surface area contributed by atoms with Crippen LogP contribution in [-0.4, -0.2) is 60.1 Å². The molecular formula is C20H25N5O. The van der Waals surface area contributed by atoms with Crippen molar-refractivity contribution in [3.63, 3.8) is 0 Å².